The maximum absolute atomic E-state index is 12.2. The molecule has 1 heterocycles. The summed E-state index contributed by atoms with van der Waals surface area (Å²) in [7, 11) is 0. The third kappa shape index (κ3) is 4.21. The largest absolute Gasteiger partial charge is 0.403 e. The average molecular weight is 319 g/mol. The third-order valence-corrected chi connectivity index (χ3v) is 3.46. The molecule has 0 aliphatic rings. The number of aromatic nitrogens is 2. The molecule has 0 saturated carbocycles. The number of hydrogen-bond donors (Lipinski definition) is 2. The molecule has 3 N–H and O–H groups in total. The van der Waals surface area contributed by atoms with Gasteiger partial charge in [0.05, 0.1) is 16.9 Å². The van der Waals surface area contributed by atoms with Gasteiger partial charge in [-0.25, -0.2) is 18.7 Å². The van der Waals surface area contributed by atoms with Gasteiger partial charge < -0.3 is 11.1 Å². The highest BCUT2D eigenvalue weighted by atomic mass is 19.3. The summed E-state index contributed by atoms with van der Waals surface area (Å²) in [5, 5.41) is 3.85. The summed E-state index contributed by atoms with van der Waals surface area (Å²) in [6, 6.07) is 3.99. The molecule has 2 rings (SSSR count). The first-order valence-electron chi connectivity index (χ1n) is 7.13. The van der Waals surface area contributed by atoms with Crippen LogP contribution in [0.1, 0.15) is 18.1 Å². The molecule has 0 spiro atoms. The first kappa shape index (κ1) is 16.8. The normalized spacial score (nSPS) is 13.0. The van der Waals surface area contributed by atoms with Crippen LogP contribution in [0.25, 0.3) is 10.9 Å². The molecule has 0 fully saturated rings. The Morgan fingerprint density at radius 3 is 2.70 bits per heavy atom. The van der Waals surface area contributed by atoms with E-state index in [0.29, 0.717) is 17.4 Å². The summed E-state index contributed by atoms with van der Waals surface area (Å²) in [5.74, 6) is 0.337. The maximum Gasteiger partial charge on any atom is 0.257 e. The van der Waals surface area contributed by atoms with Crippen molar-refractivity contribution < 1.29 is 8.78 Å². The fourth-order valence-electron chi connectivity index (χ4n) is 2.02. The van der Waals surface area contributed by atoms with Gasteiger partial charge in [-0.3, -0.25) is 4.99 Å². The number of alkyl halides is 2. The Labute approximate surface area is 133 Å². The molecule has 2 aromatic rings. The second-order valence-corrected chi connectivity index (χ2v) is 5.21. The Hall–Kier alpha value is -2.57. The zero-order valence-corrected chi connectivity index (χ0v) is 13.3. The molecule has 1 aromatic carbocycles. The topological polar surface area (TPSA) is 76.2 Å². The van der Waals surface area contributed by atoms with Crippen LogP contribution < -0.4 is 11.1 Å². The van der Waals surface area contributed by atoms with Crippen molar-refractivity contribution in [2.45, 2.75) is 27.2 Å². The lowest BCUT2D eigenvalue weighted by Crippen LogP contribution is -2.14. The number of anilines is 1. The SMILES string of the molecule is CC(=NCC(F)F)/C(=C\N)Nc1ncc2cc(C)c(C)cc2n1. The van der Waals surface area contributed by atoms with Crippen LogP contribution in [-0.2, 0) is 0 Å². The molecule has 0 amide bonds. The number of nitrogens with two attached hydrogens (primary N) is 1. The Bertz CT molecular complexity index is 768. The van der Waals surface area contributed by atoms with Crippen molar-refractivity contribution in [1.82, 2.24) is 9.97 Å². The molecule has 0 aliphatic heterocycles. The van der Waals surface area contributed by atoms with Crippen molar-refractivity contribution in [1.29, 1.82) is 0 Å². The molecule has 0 aliphatic carbocycles. The number of rotatable bonds is 5. The zero-order chi connectivity index (χ0) is 17.0. The fourth-order valence-corrected chi connectivity index (χ4v) is 2.02. The molecule has 0 unspecified atom stereocenters. The Morgan fingerprint density at radius 1 is 1.35 bits per heavy atom. The summed E-state index contributed by atoms with van der Waals surface area (Å²) in [4.78, 5) is 12.4. The van der Waals surface area contributed by atoms with Gasteiger partial charge in [0, 0.05) is 17.8 Å². The number of halogens is 2. The second-order valence-electron chi connectivity index (χ2n) is 5.21. The van der Waals surface area contributed by atoms with Gasteiger partial charge in [0.15, 0.2) is 0 Å². The predicted molar refractivity (Wildman–Crippen MR) is 88.9 cm³/mol. The Morgan fingerprint density at radius 2 is 2.04 bits per heavy atom. The highest BCUT2D eigenvalue weighted by Crippen LogP contribution is 2.18. The van der Waals surface area contributed by atoms with Crippen LogP contribution >= 0.6 is 0 Å². The first-order valence-corrected chi connectivity index (χ1v) is 7.13. The summed E-state index contributed by atoms with van der Waals surface area (Å²) in [5.41, 5.74) is 9.40. The van der Waals surface area contributed by atoms with Crippen LogP contribution in [0, 0.1) is 13.8 Å². The van der Waals surface area contributed by atoms with E-state index in [2.05, 4.69) is 20.3 Å². The van der Waals surface area contributed by atoms with E-state index in [0.717, 1.165) is 16.5 Å². The van der Waals surface area contributed by atoms with Crippen LogP contribution in [0.4, 0.5) is 14.7 Å². The maximum atomic E-state index is 12.2. The van der Waals surface area contributed by atoms with Crippen LogP contribution in [0.15, 0.2) is 35.2 Å². The number of allylic oxidation sites excluding steroid dienone is 1. The lowest BCUT2D eigenvalue weighted by Gasteiger charge is -2.10. The Kier molecular flexibility index (Phi) is 5.20. The van der Waals surface area contributed by atoms with Gasteiger partial charge in [-0.05, 0) is 44.0 Å². The second kappa shape index (κ2) is 7.13. The molecule has 0 atom stereocenters. The van der Waals surface area contributed by atoms with Crippen LogP contribution in [0.2, 0.25) is 0 Å². The van der Waals surface area contributed by atoms with Gasteiger partial charge >= 0.3 is 0 Å². The van der Waals surface area contributed by atoms with Crippen molar-refractivity contribution in [2.75, 3.05) is 11.9 Å². The number of aliphatic imine (C=N–C) groups is 1. The van der Waals surface area contributed by atoms with Crippen molar-refractivity contribution >= 4 is 22.6 Å². The lowest BCUT2D eigenvalue weighted by molar-refractivity contribution is 0.159. The molecule has 23 heavy (non-hydrogen) atoms. The minimum atomic E-state index is -2.49. The van der Waals surface area contributed by atoms with Crippen LogP contribution in [-0.4, -0.2) is 28.6 Å². The summed E-state index contributed by atoms with van der Waals surface area (Å²) in [6.45, 7) is 5.07. The van der Waals surface area contributed by atoms with Crippen LogP contribution in [0.3, 0.4) is 0 Å². The number of aryl methyl sites for hydroxylation is 2. The molecule has 122 valence electrons. The minimum Gasteiger partial charge on any atom is -0.403 e. The fraction of sp³-hybridized carbons (Fsp3) is 0.312. The summed E-state index contributed by atoms with van der Waals surface area (Å²) >= 11 is 0. The van der Waals surface area contributed by atoms with Crippen LogP contribution in [0.5, 0.6) is 0 Å². The van der Waals surface area contributed by atoms with Gasteiger partial charge in [-0.1, -0.05) is 0 Å². The first-order chi connectivity index (χ1) is 10.9. The number of benzene rings is 1. The average Bonchev–Trinajstić information content (AvgIpc) is 2.51. The number of fused-ring (bicyclic) bond motifs is 1. The zero-order valence-electron chi connectivity index (χ0n) is 13.3. The van der Waals surface area contributed by atoms with E-state index in [4.69, 9.17) is 5.73 Å². The van der Waals surface area contributed by atoms with E-state index < -0.39 is 13.0 Å². The molecular weight excluding hydrogens is 300 g/mol. The van der Waals surface area contributed by atoms with E-state index in [1.807, 2.05) is 26.0 Å². The number of hydrogen-bond acceptors (Lipinski definition) is 5. The standard InChI is InChI=1S/C16H19F2N5/c1-9-4-12-7-21-16(22-13(12)5-10(9)2)23-14(6-19)11(3)20-8-15(17)18/h4-7,15H,8,19H2,1-3H3,(H,21,22,23)/b14-6+,20-11?. The molecule has 7 heteroatoms. The van der Waals surface area contributed by atoms with Gasteiger partial charge in [0.2, 0.25) is 5.95 Å². The van der Waals surface area contributed by atoms with E-state index in [-0.39, 0.29) is 0 Å². The van der Waals surface area contributed by atoms with Gasteiger partial charge in [0.25, 0.3) is 6.43 Å². The van der Waals surface area contributed by atoms with E-state index in [1.165, 1.54) is 11.8 Å². The lowest BCUT2D eigenvalue weighted by atomic mass is 10.1. The minimum absolute atomic E-state index is 0.337. The highest BCUT2D eigenvalue weighted by molar-refractivity contribution is 6.00. The molecule has 0 radical (unpaired) electrons. The summed E-state index contributed by atoms with van der Waals surface area (Å²) in [6.07, 6.45) is 0.474. The number of nitrogens with zero attached hydrogens (tertiary/aromatic N) is 3. The predicted octanol–water partition coefficient (Wildman–Crippen LogP) is 3.18. The summed E-state index contributed by atoms with van der Waals surface area (Å²) < 4.78 is 24.5. The van der Waals surface area contributed by atoms with Gasteiger partial charge in [-0.2, -0.15) is 0 Å². The van der Waals surface area contributed by atoms with Gasteiger partial charge in [0.1, 0.15) is 6.54 Å². The van der Waals surface area contributed by atoms with E-state index in [9.17, 15) is 8.78 Å². The molecule has 5 nitrogen and oxygen atoms in total. The van der Waals surface area contributed by atoms with E-state index >= 15 is 0 Å². The van der Waals surface area contributed by atoms with Crippen molar-refractivity contribution in [3.05, 3.63) is 41.4 Å². The quantitative estimate of drug-likeness (QED) is 0.830. The molecule has 0 saturated heterocycles. The van der Waals surface area contributed by atoms with Crippen molar-refractivity contribution in [3.63, 3.8) is 0 Å². The van der Waals surface area contributed by atoms with E-state index in [1.54, 1.807) is 13.1 Å². The van der Waals surface area contributed by atoms with Crippen molar-refractivity contribution in [3.8, 4) is 0 Å². The monoisotopic (exact) mass is 319 g/mol. The number of nitrogens with one attached hydrogen (secondary N) is 1. The molecule has 1 aromatic heterocycles. The van der Waals surface area contributed by atoms with Crippen molar-refractivity contribution in [2.24, 2.45) is 10.7 Å². The molecular formula is C16H19F2N5. The van der Waals surface area contributed by atoms with Gasteiger partial charge in [-0.15, -0.1) is 0 Å². The molecule has 0 bridgehead atoms. The Balaban J connectivity index is 2.26. The smallest absolute Gasteiger partial charge is 0.257 e. The third-order valence-electron chi connectivity index (χ3n) is 3.46. The highest BCUT2D eigenvalue weighted by Gasteiger charge is 2.08.